The van der Waals surface area contributed by atoms with Crippen LogP contribution in [0.2, 0.25) is 0 Å². The van der Waals surface area contributed by atoms with Gasteiger partial charge in [0.1, 0.15) is 21.7 Å². The van der Waals surface area contributed by atoms with E-state index in [0.29, 0.717) is 25.3 Å². The van der Waals surface area contributed by atoms with E-state index in [1.165, 1.54) is 6.26 Å². The van der Waals surface area contributed by atoms with Crippen LogP contribution in [0.15, 0.2) is 24.3 Å². The number of nitriles is 1. The molecule has 1 N–H and O–H groups in total. The molecule has 1 rings (SSSR count). The Morgan fingerprint density at radius 3 is 2.58 bits per heavy atom. The zero-order valence-electron chi connectivity index (χ0n) is 10.9. The van der Waals surface area contributed by atoms with Crippen molar-refractivity contribution in [3.05, 3.63) is 29.8 Å². The van der Waals surface area contributed by atoms with Gasteiger partial charge in [-0.15, -0.1) is 0 Å². The number of sulfone groups is 1. The molecule has 0 saturated carbocycles. The van der Waals surface area contributed by atoms with Crippen molar-refractivity contribution in [1.29, 1.82) is 5.26 Å². The second kappa shape index (κ2) is 7.77. The van der Waals surface area contributed by atoms with E-state index in [1.54, 1.807) is 0 Å². The standard InChI is InChI=1S/C13H18N2O3S/c1-19(16,17)10-2-8-15-11-12-3-5-13(6-4-12)18-9-7-14/h3-6,15H,2,8-11H2,1H3. The van der Waals surface area contributed by atoms with Gasteiger partial charge in [-0.1, -0.05) is 12.1 Å². The van der Waals surface area contributed by atoms with E-state index in [0.717, 1.165) is 5.56 Å². The first-order chi connectivity index (χ1) is 9.01. The fourth-order valence-electron chi connectivity index (χ4n) is 1.51. The lowest BCUT2D eigenvalue weighted by molar-refractivity contribution is 0.368. The molecule has 0 heterocycles. The van der Waals surface area contributed by atoms with Gasteiger partial charge in [0.15, 0.2) is 6.61 Å². The third-order valence-corrected chi connectivity index (χ3v) is 3.45. The summed E-state index contributed by atoms with van der Waals surface area (Å²) >= 11 is 0. The molecule has 0 radical (unpaired) electrons. The predicted molar refractivity (Wildman–Crippen MR) is 73.6 cm³/mol. The number of rotatable bonds is 8. The molecule has 0 unspecified atom stereocenters. The fourth-order valence-corrected chi connectivity index (χ4v) is 2.18. The molecule has 1 aromatic carbocycles. The van der Waals surface area contributed by atoms with Crippen LogP contribution in [-0.4, -0.2) is 33.6 Å². The van der Waals surface area contributed by atoms with Crippen molar-refractivity contribution < 1.29 is 13.2 Å². The zero-order valence-corrected chi connectivity index (χ0v) is 11.7. The summed E-state index contributed by atoms with van der Waals surface area (Å²) in [6, 6.07) is 9.35. The van der Waals surface area contributed by atoms with Gasteiger partial charge >= 0.3 is 0 Å². The maximum atomic E-state index is 10.9. The van der Waals surface area contributed by atoms with Crippen molar-refractivity contribution in [2.24, 2.45) is 0 Å². The van der Waals surface area contributed by atoms with E-state index in [1.807, 2.05) is 30.3 Å². The smallest absolute Gasteiger partial charge is 0.174 e. The molecule has 0 aromatic heterocycles. The first-order valence-corrected chi connectivity index (χ1v) is 8.04. The van der Waals surface area contributed by atoms with Gasteiger partial charge in [0.05, 0.1) is 5.75 Å². The molecule has 0 spiro atoms. The van der Waals surface area contributed by atoms with Gasteiger partial charge in [0, 0.05) is 12.8 Å². The molecule has 1 aromatic rings. The van der Waals surface area contributed by atoms with Crippen molar-refractivity contribution in [2.75, 3.05) is 25.2 Å². The second-order valence-corrected chi connectivity index (χ2v) is 6.51. The summed E-state index contributed by atoms with van der Waals surface area (Å²) in [6.45, 7) is 1.39. The number of nitrogens with zero attached hydrogens (tertiary/aromatic N) is 1. The van der Waals surface area contributed by atoms with Gasteiger partial charge in [-0.25, -0.2) is 8.42 Å². The summed E-state index contributed by atoms with van der Waals surface area (Å²) < 4.78 is 27.0. The third kappa shape index (κ3) is 7.44. The molecule has 19 heavy (non-hydrogen) atoms. The van der Waals surface area contributed by atoms with E-state index >= 15 is 0 Å². The van der Waals surface area contributed by atoms with Crippen LogP contribution < -0.4 is 10.1 Å². The highest BCUT2D eigenvalue weighted by Gasteiger charge is 2.01. The van der Waals surface area contributed by atoms with E-state index in [2.05, 4.69) is 5.32 Å². The first-order valence-electron chi connectivity index (χ1n) is 5.98. The van der Waals surface area contributed by atoms with Gasteiger partial charge in [-0.3, -0.25) is 0 Å². The van der Waals surface area contributed by atoms with Crippen LogP contribution in [-0.2, 0) is 16.4 Å². The van der Waals surface area contributed by atoms with Crippen molar-refractivity contribution in [1.82, 2.24) is 5.32 Å². The van der Waals surface area contributed by atoms with Gasteiger partial charge in [-0.2, -0.15) is 5.26 Å². The Labute approximate surface area is 114 Å². The molecule has 0 bridgehead atoms. The summed E-state index contributed by atoms with van der Waals surface area (Å²) in [5, 5.41) is 11.6. The van der Waals surface area contributed by atoms with Crippen LogP contribution in [0.5, 0.6) is 5.75 Å². The Hall–Kier alpha value is -1.58. The lowest BCUT2D eigenvalue weighted by Gasteiger charge is -2.06. The first kappa shape index (κ1) is 15.5. The molecule has 5 nitrogen and oxygen atoms in total. The predicted octanol–water partition coefficient (Wildman–Crippen LogP) is 1.11. The van der Waals surface area contributed by atoms with E-state index in [9.17, 15) is 8.42 Å². The number of nitrogens with one attached hydrogen (secondary N) is 1. The SMILES string of the molecule is CS(=O)(=O)CCCNCc1ccc(OCC#N)cc1. The average Bonchev–Trinajstić information content (AvgIpc) is 2.36. The van der Waals surface area contributed by atoms with Crippen LogP contribution in [0.4, 0.5) is 0 Å². The van der Waals surface area contributed by atoms with Crippen molar-refractivity contribution >= 4 is 9.84 Å². The minimum Gasteiger partial charge on any atom is -0.479 e. The zero-order chi connectivity index (χ0) is 14.1. The monoisotopic (exact) mass is 282 g/mol. The second-order valence-electron chi connectivity index (χ2n) is 4.25. The summed E-state index contributed by atoms with van der Waals surface area (Å²) in [7, 11) is -2.87. The molecule has 6 heteroatoms. The normalized spacial score (nSPS) is 10.9. The Morgan fingerprint density at radius 2 is 2.00 bits per heavy atom. The maximum absolute atomic E-state index is 10.9. The van der Waals surface area contributed by atoms with E-state index < -0.39 is 9.84 Å². The van der Waals surface area contributed by atoms with Gasteiger partial charge in [-0.05, 0) is 30.7 Å². The topological polar surface area (TPSA) is 79.2 Å². The summed E-state index contributed by atoms with van der Waals surface area (Å²) in [5.41, 5.74) is 1.09. The lowest BCUT2D eigenvalue weighted by atomic mass is 10.2. The Kier molecular flexibility index (Phi) is 6.33. The number of benzene rings is 1. The highest BCUT2D eigenvalue weighted by Crippen LogP contribution is 2.11. The molecule has 0 fully saturated rings. The van der Waals surface area contributed by atoms with Crippen LogP contribution in [0.3, 0.4) is 0 Å². The lowest BCUT2D eigenvalue weighted by Crippen LogP contribution is -2.17. The van der Waals surface area contributed by atoms with Gasteiger partial charge in [0.2, 0.25) is 0 Å². The molecule has 0 aliphatic rings. The van der Waals surface area contributed by atoms with Gasteiger partial charge < -0.3 is 10.1 Å². The summed E-state index contributed by atoms with van der Waals surface area (Å²) in [5.74, 6) is 0.878. The molecule has 104 valence electrons. The molecule has 0 amide bonds. The van der Waals surface area contributed by atoms with E-state index in [4.69, 9.17) is 10.00 Å². The quantitative estimate of drug-likeness (QED) is 0.723. The van der Waals surface area contributed by atoms with Crippen molar-refractivity contribution in [3.63, 3.8) is 0 Å². The molecule has 0 aliphatic carbocycles. The highest BCUT2D eigenvalue weighted by molar-refractivity contribution is 7.90. The molecule has 0 atom stereocenters. The molecular formula is C13H18N2O3S. The minimum absolute atomic E-state index is 0.0447. The van der Waals surface area contributed by atoms with Crippen molar-refractivity contribution in [3.8, 4) is 11.8 Å². The fraction of sp³-hybridized carbons (Fsp3) is 0.462. The minimum atomic E-state index is -2.87. The van der Waals surface area contributed by atoms with Crippen LogP contribution in [0.25, 0.3) is 0 Å². The molecular weight excluding hydrogens is 264 g/mol. The van der Waals surface area contributed by atoms with Crippen LogP contribution in [0.1, 0.15) is 12.0 Å². The number of ether oxygens (including phenoxy) is 1. The van der Waals surface area contributed by atoms with Gasteiger partial charge in [0.25, 0.3) is 0 Å². The Morgan fingerprint density at radius 1 is 1.32 bits per heavy atom. The van der Waals surface area contributed by atoms with E-state index in [-0.39, 0.29) is 12.4 Å². The largest absolute Gasteiger partial charge is 0.479 e. The average molecular weight is 282 g/mol. The van der Waals surface area contributed by atoms with Crippen LogP contribution >= 0.6 is 0 Å². The number of hydrogen-bond donors (Lipinski definition) is 1. The highest BCUT2D eigenvalue weighted by atomic mass is 32.2. The van der Waals surface area contributed by atoms with Crippen LogP contribution in [0, 0.1) is 11.3 Å². The van der Waals surface area contributed by atoms with Crippen molar-refractivity contribution in [2.45, 2.75) is 13.0 Å². The number of hydrogen-bond acceptors (Lipinski definition) is 5. The summed E-state index contributed by atoms with van der Waals surface area (Å²) in [4.78, 5) is 0. The molecule has 0 aliphatic heterocycles. The third-order valence-electron chi connectivity index (χ3n) is 2.42. The molecule has 0 saturated heterocycles. The summed E-state index contributed by atoms with van der Waals surface area (Å²) in [6.07, 6.45) is 1.86. The maximum Gasteiger partial charge on any atom is 0.174 e. The Bertz CT molecular complexity index is 518. The Balaban J connectivity index is 2.25.